The molecule has 170 valence electrons. The van der Waals surface area contributed by atoms with Crippen LogP contribution in [0.1, 0.15) is 29.9 Å². The van der Waals surface area contributed by atoms with Crippen LogP contribution in [0.5, 0.6) is 5.88 Å². The fourth-order valence-corrected chi connectivity index (χ4v) is 4.48. The van der Waals surface area contributed by atoms with Gasteiger partial charge in [-0.3, -0.25) is 19.2 Å². The average Bonchev–Trinajstić information content (AvgIpc) is 3.17. The lowest BCUT2D eigenvalue weighted by molar-refractivity contribution is 0.102. The summed E-state index contributed by atoms with van der Waals surface area (Å²) in [5, 5.41) is 6.41. The van der Waals surface area contributed by atoms with Crippen LogP contribution in [0.3, 0.4) is 0 Å². The number of benzene rings is 1. The Morgan fingerprint density at radius 2 is 1.82 bits per heavy atom. The molecule has 1 saturated heterocycles. The van der Waals surface area contributed by atoms with E-state index in [1.807, 2.05) is 19.2 Å². The first-order valence-electron chi connectivity index (χ1n) is 10.9. The predicted octanol–water partition coefficient (Wildman–Crippen LogP) is 2.43. The molecule has 0 spiro atoms. The third-order valence-corrected chi connectivity index (χ3v) is 5.71. The molecule has 33 heavy (non-hydrogen) atoms. The Balaban J connectivity index is 1.50. The van der Waals surface area contributed by atoms with Gasteiger partial charge in [-0.25, -0.2) is 4.98 Å². The fourth-order valence-electron chi connectivity index (χ4n) is 4.48. The number of hydrogen-bond acceptors (Lipinski definition) is 8. The number of piperazine rings is 1. The van der Waals surface area contributed by atoms with E-state index in [-0.39, 0.29) is 5.91 Å². The minimum Gasteiger partial charge on any atom is -0.478 e. The number of rotatable bonds is 4. The van der Waals surface area contributed by atoms with Crippen LogP contribution < -0.4 is 20.3 Å². The normalized spacial score (nSPS) is 18.6. The summed E-state index contributed by atoms with van der Waals surface area (Å²) in [6.45, 7) is 7.93. The largest absolute Gasteiger partial charge is 0.478 e. The molecule has 3 aromatic heterocycles. The number of fused-ring (bicyclic) bond motifs is 2. The predicted molar refractivity (Wildman–Crippen MR) is 126 cm³/mol. The third kappa shape index (κ3) is 3.93. The summed E-state index contributed by atoms with van der Waals surface area (Å²) in [6, 6.07) is 4.46. The number of aromatic nitrogens is 5. The Kier molecular flexibility index (Phi) is 5.29. The highest BCUT2D eigenvalue weighted by Gasteiger charge is 2.25. The van der Waals surface area contributed by atoms with Crippen LogP contribution in [-0.4, -0.2) is 62.5 Å². The number of amides is 1. The van der Waals surface area contributed by atoms with Gasteiger partial charge in [0.1, 0.15) is 11.0 Å². The van der Waals surface area contributed by atoms with E-state index in [0.717, 1.165) is 24.5 Å². The number of carbonyl (C=O) groups excluding carboxylic acids is 1. The van der Waals surface area contributed by atoms with Gasteiger partial charge in [0.25, 0.3) is 11.8 Å². The summed E-state index contributed by atoms with van der Waals surface area (Å²) in [5.74, 6) is 0.371. The molecular formula is C23H26N8O2. The summed E-state index contributed by atoms with van der Waals surface area (Å²) >= 11 is 0. The van der Waals surface area contributed by atoms with Crippen molar-refractivity contribution in [1.82, 2.24) is 29.7 Å². The molecule has 0 saturated carbocycles. The van der Waals surface area contributed by atoms with Crippen molar-refractivity contribution in [2.75, 3.05) is 30.4 Å². The summed E-state index contributed by atoms with van der Waals surface area (Å²) in [7, 11) is 1.53. The monoisotopic (exact) mass is 446 g/mol. The molecule has 1 aliphatic rings. The lowest BCUT2D eigenvalue weighted by Crippen LogP contribution is -2.54. The maximum Gasteiger partial charge on any atom is 0.260 e. The van der Waals surface area contributed by atoms with Gasteiger partial charge >= 0.3 is 0 Å². The smallest absolute Gasteiger partial charge is 0.260 e. The lowest BCUT2D eigenvalue weighted by Gasteiger charge is -2.38. The summed E-state index contributed by atoms with van der Waals surface area (Å²) in [4.78, 5) is 33.4. The number of ether oxygens (including phenoxy) is 1. The first kappa shape index (κ1) is 21.1. The molecule has 5 rings (SSSR count). The molecule has 1 fully saturated rings. The topological polar surface area (TPSA) is 110 Å². The van der Waals surface area contributed by atoms with E-state index in [1.54, 1.807) is 29.1 Å². The maximum absolute atomic E-state index is 13.3. The number of aryl methyl sites for hydroxylation is 1. The molecule has 0 unspecified atom stereocenters. The van der Waals surface area contributed by atoms with Crippen LogP contribution in [0.15, 0.2) is 36.9 Å². The van der Waals surface area contributed by atoms with Gasteiger partial charge in [0.15, 0.2) is 5.82 Å². The van der Waals surface area contributed by atoms with Gasteiger partial charge in [-0.05, 0) is 32.9 Å². The van der Waals surface area contributed by atoms with Crippen molar-refractivity contribution < 1.29 is 9.53 Å². The molecule has 4 heterocycles. The number of nitrogens with zero attached hydrogens (tertiary/aromatic N) is 6. The van der Waals surface area contributed by atoms with Crippen LogP contribution in [0.25, 0.3) is 16.7 Å². The summed E-state index contributed by atoms with van der Waals surface area (Å²) < 4.78 is 7.14. The van der Waals surface area contributed by atoms with E-state index in [4.69, 9.17) is 4.74 Å². The molecule has 2 N–H and O–H groups in total. The van der Waals surface area contributed by atoms with Gasteiger partial charge < -0.3 is 20.3 Å². The van der Waals surface area contributed by atoms with Crippen molar-refractivity contribution in [3.8, 4) is 5.88 Å². The molecule has 4 aromatic rings. The van der Waals surface area contributed by atoms with Crippen LogP contribution in [0, 0.1) is 6.92 Å². The maximum atomic E-state index is 13.3. The van der Waals surface area contributed by atoms with E-state index >= 15 is 0 Å². The number of hydrogen-bond donors (Lipinski definition) is 2. The second-order valence-electron chi connectivity index (χ2n) is 8.46. The molecule has 0 aliphatic carbocycles. The van der Waals surface area contributed by atoms with Crippen LogP contribution >= 0.6 is 0 Å². The van der Waals surface area contributed by atoms with Crippen molar-refractivity contribution in [2.45, 2.75) is 32.9 Å². The van der Waals surface area contributed by atoms with Gasteiger partial charge in [0.05, 0.1) is 30.3 Å². The SMILES string of the molecule is COc1nc(NC(=O)c2ccc(N3C[C@@H](C)N[C@@H](C)C3)c3nccnc23)cn2cc(C)nc12. The number of anilines is 2. The Hall–Kier alpha value is -3.79. The first-order valence-corrected chi connectivity index (χ1v) is 10.9. The first-order chi connectivity index (χ1) is 15.9. The van der Waals surface area contributed by atoms with E-state index in [2.05, 4.69) is 49.3 Å². The molecule has 2 atom stereocenters. The van der Waals surface area contributed by atoms with Crippen LogP contribution in [0.4, 0.5) is 11.5 Å². The minimum atomic E-state index is -0.320. The number of methoxy groups -OCH3 is 1. The van der Waals surface area contributed by atoms with Crippen molar-refractivity contribution >= 4 is 34.1 Å². The van der Waals surface area contributed by atoms with Crippen molar-refractivity contribution in [3.63, 3.8) is 0 Å². The highest BCUT2D eigenvalue weighted by Crippen LogP contribution is 2.29. The molecule has 1 aromatic carbocycles. The Bertz CT molecular complexity index is 1340. The second-order valence-corrected chi connectivity index (χ2v) is 8.46. The molecule has 1 amide bonds. The van der Waals surface area contributed by atoms with Crippen molar-refractivity contribution in [1.29, 1.82) is 0 Å². The Morgan fingerprint density at radius 3 is 2.55 bits per heavy atom. The van der Waals surface area contributed by atoms with Crippen molar-refractivity contribution in [3.05, 3.63) is 48.2 Å². The highest BCUT2D eigenvalue weighted by atomic mass is 16.5. The van der Waals surface area contributed by atoms with Gasteiger partial charge in [-0.1, -0.05) is 0 Å². The standard InChI is InChI=1S/C23H26N8O2/c1-13-9-30(10-14(2)26-13)17-6-5-16(19-20(17)25-8-7-24-19)22(32)28-18-12-31-11-15(3)27-21(31)23(29-18)33-4/h5-8,11-14,26H,9-10H2,1-4H3,(H,28,32)/t13-,14+. The number of nitrogens with one attached hydrogen (secondary N) is 2. The van der Waals surface area contributed by atoms with Gasteiger partial charge in [-0.15, -0.1) is 0 Å². The molecule has 0 radical (unpaired) electrons. The summed E-state index contributed by atoms with van der Waals surface area (Å²) in [5.41, 5.74) is 4.08. The Labute approximate surface area is 191 Å². The van der Waals surface area contributed by atoms with Gasteiger partial charge in [0, 0.05) is 43.8 Å². The highest BCUT2D eigenvalue weighted by molar-refractivity contribution is 6.12. The zero-order valence-corrected chi connectivity index (χ0v) is 19.0. The van der Waals surface area contributed by atoms with Crippen LogP contribution in [-0.2, 0) is 0 Å². The van der Waals surface area contributed by atoms with Crippen molar-refractivity contribution in [2.24, 2.45) is 0 Å². The second kappa shape index (κ2) is 8.28. The van der Waals surface area contributed by atoms with E-state index in [0.29, 0.717) is 46.0 Å². The zero-order chi connectivity index (χ0) is 23.1. The fraction of sp³-hybridized carbons (Fsp3) is 0.348. The lowest BCUT2D eigenvalue weighted by atomic mass is 10.1. The molecule has 10 heteroatoms. The van der Waals surface area contributed by atoms with Crippen LogP contribution in [0.2, 0.25) is 0 Å². The Morgan fingerprint density at radius 1 is 1.09 bits per heavy atom. The molecular weight excluding hydrogens is 420 g/mol. The van der Waals surface area contributed by atoms with Gasteiger partial charge in [-0.2, -0.15) is 4.98 Å². The van der Waals surface area contributed by atoms with E-state index < -0.39 is 0 Å². The molecule has 1 aliphatic heterocycles. The number of carbonyl (C=O) groups is 1. The van der Waals surface area contributed by atoms with E-state index in [9.17, 15) is 4.79 Å². The summed E-state index contributed by atoms with van der Waals surface area (Å²) in [6.07, 6.45) is 6.82. The van der Waals surface area contributed by atoms with Gasteiger partial charge in [0.2, 0.25) is 5.65 Å². The van der Waals surface area contributed by atoms with E-state index in [1.165, 1.54) is 7.11 Å². The minimum absolute atomic E-state index is 0.320. The molecule has 10 nitrogen and oxygen atoms in total. The quantitative estimate of drug-likeness (QED) is 0.492. The number of imidazole rings is 1. The average molecular weight is 447 g/mol. The zero-order valence-electron chi connectivity index (χ0n) is 19.0. The molecule has 0 bridgehead atoms. The third-order valence-electron chi connectivity index (χ3n) is 5.71.